The molecule has 1 aliphatic rings. The molecule has 0 amide bonds. The van der Waals surface area contributed by atoms with Crippen LogP contribution in [0, 0.1) is 16.0 Å². The van der Waals surface area contributed by atoms with E-state index in [-0.39, 0.29) is 5.88 Å². The highest BCUT2D eigenvalue weighted by molar-refractivity contribution is 5.18. The summed E-state index contributed by atoms with van der Waals surface area (Å²) >= 11 is 0. The summed E-state index contributed by atoms with van der Waals surface area (Å²) in [6.07, 6.45) is 3.05. The number of nitro groups is 1. The molecule has 82 valence electrons. The highest BCUT2D eigenvalue weighted by Crippen LogP contribution is 2.22. The van der Waals surface area contributed by atoms with E-state index in [2.05, 4.69) is 5.32 Å². The molecule has 0 bridgehead atoms. The molecule has 1 aliphatic heterocycles. The summed E-state index contributed by atoms with van der Waals surface area (Å²) in [4.78, 5) is 9.91. The average molecular weight is 210 g/mol. The Balaban J connectivity index is 1.94. The molecule has 5 nitrogen and oxygen atoms in total. The first-order valence-electron chi connectivity index (χ1n) is 5.19. The van der Waals surface area contributed by atoms with Crippen LogP contribution in [-0.2, 0) is 6.42 Å². The molecule has 1 saturated heterocycles. The van der Waals surface area contributed by atoms with Gasteiger partial charge in [-0.1, -0.05) is 0 Å². The molecule has 0 aromatic carbocycles. The van der Waals surface area contributed by atoms with Gasteiger partial charge in [0.25, 0.3) is 0 Å². The van der Waals surface area contributed by atoms with Crippen LogP contribution in [-0.4, -0.2) is 18.0 Å². The van der Waals surface area contributed by atoms with Gasteiger partial charge in [0.2, 0.25) is 0 Å². The van der Waals surface area contributed by atoms with Crippen LogP contribution in [0.4, 0.5) is 5.88 Å². The molecular formula is C10H14N2O3. The third-order valence-electron chi connectivity index (χ3n) is 2.78. The van der Waals surface area contributed by atoms with E-state index in [1.807, 2.05) is 0 Å². The van der Waals surface area contributed by atoms with Crippen molar-refractivity contribution >= 4 is 5.88 Å². The molecule has 1 N–H and O–H groups in total. The van der Waals surface area contributed by atoms with Crippen LogP contribution in [0.3, 0.4) is 0 Å². The van der Waals surface area contributed by atoms with Gasteiger partial charge >= 0.3 is 5.88 Å². The van der Waals surface area contributed by atoms with E-state index in [0.717, 1.165) is 38.1 Å². The summed E-state index contributed by atoms with van der Waals surface area (Å²) in [5.74, 6) is 1.17. The van der Waals surface area contributed by atoms with Gasteiger partial charge in [-0.15, -0.1) is 0 Å². The molecule has 5 heteroatoms. The third-order valence-corrected chi connectivity index (χ3v) is 2.78. The molecule has 15 heavy (non-hydrogen) atoms. The Kier molecular flexibility index (Phi) is 3.01. The molecule has 1 aromatic rings. The molecule has 0 saturated carbocycles. The van der Waals surface area contributed by atoms with E-state index < -0.39 is 4.92 Å². The summed E-state index contributed by atoms with van der Waals surface area (Å²) in [5, 5.41) is 13.7. The van der Waals surface area contributed by atoms with Gasteiger partial charge in [-0.3, -0.25) is 10.1 Å². The number of hydrogen-bond donors (Lipinski definition) is 1. The van der Waals surface area contributed by atoms with Crippen LogP contribution in [0.1, 0.15) is 18.6 Å². The molecule has 1 aromatic heterocycles. The summed E-state index contributed by atoms with van der Waals surface area (Å²) in [7, 11) is 0. The van der Waals surface area contributed by atoms with Crippen molar-refractivity contribution in [3.8, 4) is 0 Å². The first-order chi connectivity index (χ1) is 7.25. The van der Waals surface area contributed by atoms with Gasteiger partial charge in [0.1, 0.15) is 10.7 Å². The number of furan rings is 1. The van der Waals surface area contributed by atoms with Crippen LogP contribution in [0.2, 0.25) is 0 Å². The fourth-order valence-corrected chi connectivity index (χ4v) is 1.94. The van der Waals surface area contributed by atoms with Gasteiger partial charge in [0.15, 0.2) is 0 Å². The predicted octanol–water partition coefficient (Wildman–Crippen LogP) is 1.73. The van der Waals surface area contributed by atoms with Crippen molar-refractivity contribution in [2.75, 3.05) is 13.1 Å². The second-order valence-electron chi connectivity index (χ2n) is 3.89. The minimum Gasteiger partial charge on any atom is -0.406 e. The number of hydrogen-bond acceptors (Lipinski definition) is 4. The van der Waals surface area contributed by atoms with Crippen LogP contribution < -0.4 is 5.32 Å². The first-order valence-corrected chi connectivity index (χ1v) is 5.19. The van der Waals surface area contributed by atoms with E-state index >= 15 is 0 Å². The molecule has 2 heterocycles. The lowest BCUT2D eigenvalue weighted by Crippen LogP contribution is -2.28. The zero-order valence-electron chi connectivity index (χ0n) is 8.44. The summed E-state index contributed by atoms with van der Waals surface area (Å²) in [5.41, 5.74) is 0. The fraction of sp³-hybridized carbons (Fsp3) is 0.600. The summed E-state index contributed by atoms with van der Waals surface area (Å²) in [6, 6.07) is 3.14. The highest BCUT2D eigenvalue weighted by atomic mass is 16.6. The molecule has 0 unspecified atom stereocenters. The zero-order valence-corrected chi connectivity index (χ0v) is 8.44. The van der Waals surface area contributed by atoms with E-state index in [1.165, 1.54) is 6.07 Å². The van der Waals surface area contributed by atoms with Crippen molar-refractivity contribution in [3.63, 3.8) is 0 Å². The van der Waals surface area contributed by atoms with Crippen LogP contribution in [0.5, 0.6) is 0 Å². The third kappa shape index (κ3) is 2.56. The van der Waals surface area contributed by atoms with E-state index in [1.54, 1.807) is 6.07 Å². The lowest BCUT2D eigenvalue weighted by atomic mass is 9.94. The van der Waals surface area contributed by atoms with E-state index in [0.29, 0.717) is 5.92 Å². The van der Waals surface area contributed by atoms with Crippen molar-refractivity contribution < 1.29 is 9.34 Å². The zero-order chi connectivity index (χ0) is 10.7. The van der Waals surface area contributed by atoms with Crippen LogP contribution in [0.15, 0.2) is 16.5 Å². The van der Waals surface area contributed by atoms with Gasteiger partial charge in [0, 0.05) is 6.42 Å². The van der Waals surface area contributed by atoms with Gasteiger partial charge in [0.05, 0.1) is 6.07 Å². The molecule has 0 atom stereocenters. The number of nitrogens with zero attached hydrogens (tertiary/aromatic N) is 1. The normalized spacial score (nSPS) is 17.9. The Bertz CT molecular complexity index is 342. The maximum absolute atomic E-state index is 10.4. The van der Waals surface area contributed by atoms with Gasteiger partial charge in [-0.05, 0) is 37.9 Å². The highest BCUT2D eigenvalue weighted by Gasteiger charge is 2.17. The van der Waals surface area contributed by atoms with Crippen molar-refractivity contribution in [1.29, 1.82) is 0 Å². The van der Waals surface area contributed by atoms with Crippen LogP contribution in [0.25, 0.3) is 0 Å². The van der Waals surface area contributed by atoms with Gasteiger partial charge in [-0.2, -0.15) is 0 Å². The molecule has 0 aliphatic carbocycles. The Morgan fingerprint density at radius 1 is 1.47 bits per heavy atom. The maximum atomic E-state index is 10.4. The lowest BCUT2D eigenvalue weighted by molar-refractivity contribution is -0.402. The largest absolute Gasteiger partial charge is 0.433 e. The van der Waals surface area contributed by atoms with Crippen molar-refractivity contribution in [2.24, 2.45) is 5.92 Å². The average Bonchev–Trinajstić information content (AvgIpc) is 2.68. The van der Waals surface area contributed by atoms with E-state index in [9.17, 15) is 10.1 Å². The van der Waals surface area contributed by atoms with Gasteiger partial charge in [-0.25, -0.2) is 0 Å². The fourth-order valence-electron chi connectivity index (χ4n) is 1.94. The Morgan fingerprint density at radius 3 is 2.80 bits per heavy atom. The number of rotatable bonds is 3. The second kappa shape index (κ2) is 4.44. The lowest BCUT2D eigenvalue weighted by Gasteiger charge is -2.21. The quantitative estimate of drug-likeness (QED) is 0.609. The Hall–Kier alpha value is -1.36. The standard InChI is InChI=1S/C10H14N2O3/c13-12(14)10-2-1-9(15-10)7-8-3-5-11-6-4-8/h1-2,8,11H,3-7H2. The SMILES string of the molecule is O=[N+]([O-])c1ccc(CC2CCNCC2)o1. The summed E-state index contributed by atoms with van der Waals surface area (Å²) in [6.45, 7) is 2.07. The minimum atomic E-state index is -0.494. The topological polar surface area (TPSA) is 68.3 Å². The van der Waals surface area contributed by atoms with Crippen LogP contribution >= 0.6 is 0 Å². The maximum Gasteiger partial charge on any atom is 0.433 e. The smallest absolute Gasteiger partial charge is 0.406 e. The molecule has 1 fully saturated rings. The number of nitrogens with one attached hydrogen (secondary N) is 1. The Labute approximate surface area is 87.6 Å². The molecule has 0 spiro atoms. The predicted molar refractivity (Wildman–Crippen MR) is 54.7 cm³/mol. The van der Waals surface area contributed by atoms with Crippen molar-refractivity contribution in [2.45, 2.75) is 19.3 Å². The van der Waals surface area contributed by atoms with Crippen molar-refractivity contribution in [3.05, 3.63) is 28.0 Å². The Morgan fingerprint density at radius 2 is 2.20 bits per heavy atom. The second-order valence-corrected chi connectivity index (χ2v) is 3.89. The first kappa shape index (κ1) is 10.2. The van der Waals surface area contributed by atoms with Crippen molar-refractivity contribution in [1.82, 2.24) is 5.32 Å². The van der Waals surface area contributed by atoms with E-state index in [4.69, 9.17) is 4.42 Å². The van der Waals surface area contributed by atoms with Gasteiger partial charge < -0.3 is 9.73 Å². The molecule has 2 rings (SSSR count). The molecular weight excluding hydrogens is 196 g/mol. The summed E-state index contributed by atoms with van der Waals surface area (Å²) < 4.78 is 5.13. The monoisotopic (exact) mass is 210 g/mol. The molecule has 0 radical (unpaired) electrons. The minimum absolute atomic E-state index is 0.154. The number of piperidine rings is 1.